The smallest absolute Gasteiger partial charge is 0.336 e. The van der Waals surface area contributed by atoms with Crippen LogP contribution in [0.25, 0.3) is 0 Å². The molecule has 7 nitrogen and oxygen atoms in total. The summed E-state index contributed by atoms with van der Waals surface area (Å²) < 4.78 is 6.24. The molecule has 0 heterocycles. The molecule has 2 rings (SSSR count). The van der Waals surface area contributed by atoms with Crippen molar-refractivity contribution in [2.24, 2.45) is 0 Å². The number of carbonyl (C=O) groups is 2. The Bertz CT molecular complexity index is 832. The van der Waals surface area contributed by atoms with Gasteiger partial charge in [0, 0.05) is 39.0 Å². The predicted molar refractivity (Wildman–Crippen MR) is 118 cm³/mol. The van der Waals surface area contributed by atoms with Crippen LogP contribution in [0.3, 0.4) is 0 Å². The minimum absolute atomic E-state index is 0.165. The molecule has 0 aliphatic heterocycles. The third-order valence-corrected chi connectivity index (χ3v) is 4.58. The van der Waals surface area contributed by atoms with Gasteiger partial charge < -0.3 is 20.3 Å². The van der Waals surface area contributed by atoms with E-state index in [2.05, 4.69) is 23.4 Å². The molecule has 0 radical (unpaired) electrons. The number of urea groups is 1. The number of methoxy groups -OCH3 is 1. The van der Waals surface area contributed by atoms with Gasteiger partial charge in [-0.2, -0.15) is 0 Å². The number of benzene rings is 2. The first-order valence-corrected chi connectivity index (χ1v) is 9.27. The lowest BCUT2D eigenvalue weighted by Crippen LogP contribution is -2.27. The van der Waals surface area contributed by atoms with Crippen molar-refractivity contribution < 1.29 is 14.3 Å². The summed E-state index contributed by atoms with van der Waals surface area (Å²) in [7, 11) is 3.56. The fourth-order valence-corrected chi connectivity index (χ4v) is 2.93. The molecule has 2 aromatic rings. The van der Waals surface area contributed by atoms with Gasteiger partial charge in [0.15, 0.2) is 0 Å². The van der Waals surface area contributed by atoms with Crippen molar-refractivity contribution in [1.82, 2.24) is 0 Å². The van der Waals surface area contributed by atoms with E-state index in [1.165, 1.54) is 11.2 Å². The van der Waals surface area contributed by atoms with Gasteiger partial charge in [-0.3, -0.25) is 4.79 Å². The van der Waals surface area contributed by atoms with Crippen LogP contribution in [-0.2, 0) is 9.53 Å². The summed E-state index contributed by atoms with van der Waals surface area (Å²) in [6.07, 6.45) is 0. The third-order valence-electron chi connectivity index (χ3n) is 3.87. The summed E-state index contributed by atoms with van der Waals surface area (Å²) in [5, 5.41) is 5.93. The summed E-state index contributed by atoms with van der Waals surface area (Å²) in [6, 6.07) is 11.6. The minimum Gasteiger partial charge on any atom is -0.383 e. The number of ether oxygens (including phenoxy) is 1. The molecule has 150 valence electrons. The summed E-state index contributed by atoms with van der Waals surface area (Å²) in [5.74, 6) is -0.165. The zero-order valence-corrected chi connectivity index (χ0v) is 17.6. The molecule has 0 unspecified atom stereocenters. The predicted octanol–water partition coefficient (Wildman–Crippen LogP) is 4.26. The van der Waals surface area contributed by atoms with Crippen LogP contribution in [-0.4, -0.2) is 39.2 Å². The first kappa shape index (κ1) is 21.9. The molecule has 9 heteroatoms. The molecule has 2 aromatic carbocycles. The van der Waals surface area contributed by atoms with Crippen molar-refractivity contribution in [2.75, 3.05) is 47.1 Å². The molecular formula is C19H23ClN4O3S. The van der Waals surface area contributed by atoms with Crippen LogP contribution in [0.15, 0.2) is 42.5 Å². The highest BCUT2D eigenvalue weighted by molar-refractivity contribution is 7.82. The quantitative estimate of drug-likeness (QED) is 0.583. The number of rotatable bonds is 7. The van der Waals surface area contributed by atoms with E-state index in [-0.39, 0.29) is 5.91 Å². The van der Waals surface area contributed by atoms with Crippen molar-refractivity contribution in [2.45, 2.75) is 6.92 Å². The zero-order valence-electron chi connectivity index (χ0n) is 15.9. The number of nitrogens with one attached hydrogen (secondary N) is 2. The molecule has 0 spiro atoms. The summed E-state index contributed by atoms with van der Waals surface area (Å²) in [6.45, 7) is 2.71. The number of anilines is 4. The number of halogens is 1. The largest absolute Gasteiger partial charge is 0.383 e. The number of carbonyl (C=O) groups excluding carboxylic acids is 2. The van der Waals surface area contributed by atoms with Crippen LogP contribution >= 0.6 is 24.4 Å². The van der Waals surface area contributed by atoms with Gasteiger partial charge >= 0.3 is 6.03 Å². The van der Waals surface area contributed by atoms with Crippen molar-refractivity contribution in [3.05, 3.63) is 47.5 Å². The summed E-state index contributed by atoms with van der Waals surface area (Å²) in [5.41, 5.74) is 2.58. The van der Waals surface area contributed by atoms with E-state index in [4.69, 9.17) is 16.3 Å². The molecule has 0 aliphatic carbocycles. The van der Waals surface area contributed by atoms with Crippen LogP contribution in [0.5, 0.6) is 0 Å². The van der Waals surface area contributed by atoms with E-state index in [9.17, 15) is 9.59 Å². The van der Waals surface area contributed by atoms with Gasteiger partial charge in [-0.05, 0) is 42.5 Å². The molecule has 2 N–H and O–H groups in total. The second-order valence-corrected chi connectivity index (χ2v) is 6.86. The maximum absolute atomic E-state index is 12.4. The Kier molecular flexibility index (Phi) is 7.98. The highest BCUT2D eigenvalue weighted by atomic mass is 35.5. The summed E-state index contributed by atoms with van der Waals surface area (Å²) >= 11 is 10.6. The lowest BCUT2D eigenvalue weighted by atomic mass is 10.2. The second-order valence-electron chi connectivity index (χ2n) is 6.05. The average Bonchev–Trinajstić information content (AvgIpc) is 2.65. The Balaban J connectivity index is 2.03. The molecule has 0 saturated carbocycles. The number of nitrogens with zero attached hydrogens (tertiary/aromatic N) is 2. The van der Waals surface area contributed by atoms with Crippen LogP contribution in [0, 0.1) is 0 Å². The molecular weight excluding hydrogens is 400 g/mol. The normalized spacial score (nSPS) is 10.3. The van der Waals surface area contributed by atoms with Crippen LogP contribution in [0.1, 0.15) is 6.92 Å². The summed E-state index contributed by atoms with van der Waals surface area (Å²) in [4.78, 5) is 25.5. The number of likely N-dealkylation sites (N-methyl/N-ethyl adjacent to an activating group) is 1. The Morgan fingerprint density at radius 2 is 1.75 bits per heavy atom. The average molecular weight is 423 g/mol. The van der Waals surface area contributed by atoms with Crippen LogP contribution < -0.4 is 19.8 Å². The number of amides is 3. The Morgan fingerprint density at radius 3 is 2.32 bits per heavy atom. The minimum atomic E-state index is -0.438. The monoisotopic (exact) mass is 422 g/mol. The van der Waals surface area contributed by atoms with E-state index >= 15 is 0 Å². The van der Waals surface area contributed by atoms with Crippen LogP contribution in [0.4, 0.5) is 27.5 Å². The lowest BCUT2D eigenvalue weighted by Gasteiger charge is -2.21. The van der Waals surface area contributed by atoms with Crippen LogP contribution in [0.2, 0.25) is 5.02 Å². The number of hydrogen-bond donors (Lipinski definition) is 3. The van der Waals surface area contributed by atoms with E-state index in [0.717, 1.165) is 5.69 Å². The fraction of sp³-hybridized carbons (Fsp3) is 0.263. The highest BCUT2D eigenvalue weighted by Crippen LogP contribution is 2.29. The topological polar surface area (TPSA) is 73.9 Å². The van der Waals surface area contributed by atoms with E-state index in [0.29, 0.717) is 35.2 Å². The molecule has 0 bridgehead atoms. The maximum Gasteiger partial charge on any atom is 0.336 e. The van der Waals surface area contributed by atoms with E-state index in [1.807, 2.05) is 18.0 Å². The zero-order chi connectivity index (χ0) is 20.7. The maximum atomic E-state index is 12.4. The van der Waals surface area contributed by atoms with Crippen molar-refractivity contribution in [3.8, 4) is 0 Å². The number of hydrogen-bond acceptors (Lipinski definition) is 5. The van der Waals surface area contributed by atoms with Crippen molar-refractivity contribution >= 4 is 59.1 Å². The second kappa shape index (κ2) is 10.2. The van der Waals surface area contributed by atoms with Gasteiger partial charge in [0.1, 0.15) is 0 Å². The molecule has 0 aromatic heterocycles. The van der Waals surface area contributed by atoms with Gasteiger partial charge in [0.2, 0.25) is 5.91 Å². The fourth-order valence-electron chi connectivity index (χ4n) is 2.43. The molecule has 0 aliphatic rings. The first-order valence-electron chi connectivity index (χ1n) is 8.49. The first-order chi connectivity index (χ1) is 13.3. The molecule has 0 atom stereocenters. The Labute approximate surface area is 175 Å². The molecule has 0 saturated heterocycles. The van der Waals surface area contributed by atoms with Gasteiger partial charge in [-0.25, -0.2) is 9.10 Å². The molecule has 0 fully saturated rings. The molecule has 28 heavy (non-hydrogen) atoms. The SMILES string of the molecule is COCCN(C)c1ccc(NC(=O)N(S)c2ccc(NC(C)=O)cc2)cc1Cl. The third kappa shape index (κ3) is 6.05. The Morgan fingerprint density at radius 1 is 1.11 bits per heavy atom. The van der Waals surface area contributed by atoms with Gasteiger partial charge in [0.05, 0.1) is 23.0 Å². The number of thiol groups is 1. The van der Waals surface area contributed by atoms with E-state index < -0.39 is 6.03 Å². The van der Waals surface area contributed by atoms with E-state index in [1.54, 1.807) is 43.5 Å². The molecule has 3 amide bonds. The van der Waals surface area contributed by atoms with Gasteiger partial charge in [0.25, 0.3) is 0 Å². The van der Waals surface area contributed by atoms with Crippen molar-refractivity contribution in [1.29, 1.82) is 0 Å². The van der Waals surface area contributed by atoms with Gasteiger partial charge in [-0.1, -0.05) is 24.4 Å². The highest BCUT2D eigenvalue weighted by Gasteiger charge is 2.14. The lowest BCUT2D eigenvalue weighted by molar-refractivity contribution is -0.114. The standard InChI is InChI=1S/C19H23ClN4O3S/c1-13(25)21-14-4-7-16(8-5-14)24(28)19(26)22-15-6-9-18(17(20)12-15)23(2)10-11-27-3/h4-9,12,28H,10-11H2,1-3H3,(H,21,25)(H,22,26). The van der Waals surface area contributed by atoms with Gasteiger partial charge in [-0.15, -0.1) is 0 Å². The Hall–Kier alpha value is -2.42. The van der Waals surface area contributed by atoms with Crippen molar-refractivity contribution in [3.63, 3.8) is 0 Å².